The summed E-state index contributed by atoms with van der Waals surface area (Å²) in [5.41, 5.74) is 4.68. The molecule has 1 aliphatic rings. The third kappa shape index (κ3) is 5.89. The SMILES string of the molecule is Cc1cn2nc(-n3cc(Cc4ccc(F)cc4)cn3)cc2c(N2CCC(C)(C)CC2)c1C(OC(C)(C)C)C(=O)O. The Morgan fingerprint density at radius 1 is 1.12 bits per heavy atom. The minimum atomic E-state index is -1.12. The average Bonchev–Trinajstić information content (AvgIpc) is 3.50. The number of ether oxygens (including phenoxy) is 1. The zero-order chi connectivity index (χ0) is 28.8. The lowest BCUT2D eigenvalue weighted by Crippen LogP contribution is -2.39. The maximum Gasteiger partial charge on any atom is 0.337 e. The summed E-state index contributed by atoms with van der Waals surface area (Å²) < 4.78 is 23.0. The van der Waals surface area contributed by atoms with Crippen molar-refractivity contribution in [1.29, 1.82) is 0 Å². The molecule has 1 aliphatic heterocycles. The van der Waals surface area contributed by atoms with Crippen LogP contribution in [0, 0.1) is 18.2 Å². The number of halogens is 1. The molecule has 0 radical (unpaired) electrons. The molecular formula is C31H38FN5O3. The number of pyridine rings is 1. The lowest BCUT2D eigenvalue weighted by atomic mass is 9.82. The molecule has 3 aromatic heterocycles. The summed E-state index contributed by atoms with van der Waals surface area (Å²) in [5.74, 6) is -0.646. The van der Waals surface area contributed by atoms with Gasteiger partial charge in [-0.05, 0) is 74.8 Å². The van der Waals surface area contributed by atoms with E-state index in [1.807, 2.05) is 50.7 Å². The average molecular weight is 548 g/mol. The first-order valence-electron chi connectivity index (χ1n) is 13.8. The molecule has 1 fully saturated rings. The van der Waals surface area contributed by atoms with E-state index >= 15 is 0 Å². The van der Waals surface area contributed by atoms with Gasteiger partial charge in [0.15, 0.2) is 11.9 Å². The van der Waals surface area contributed by atoms with Crippen LogP contribution in [0.5, 0.6) is 0 Å². The number of rotatable bonds is 7. The molecule has 0 spiro atoms. The van der Waals surface area contributed by atoms with E-state index in [1.54, 1.807) is 23.0 Å². The molecule has 1 aromatic carbocycles. The van der Waals surface area contributed by atoms with E-state index in [0.29, 0.717) is 17.8 Å². The van der Waals surface area contributed by atoms with Gasteiger partial charge in [-0.3, -0.25) is 0 Å². The molecule has 4 aromatic rings. The van der Waals surface area contributed by atoms with E-state index < -0.39 is 17.7 Å². The van der Waals surface area contributed by atoms with Gasteiger partial charge < -0.3 is 14.7 Å². The number of carboxylic acid groups (broad SMARTS) is 1. The van der Waals surface area contributed by atoms with Crippen LogP contribution >= 0.6 is 0 Å². The van der Waals surface area contributed by atoms with E-state index in [4.69, 9.17) is 9.84 Å². The fourth-order valence-corrected chi connectivity index (χ4v) is 5.35. The Morgan fingerprint density at radius 2 is 1.80 bits per heavy atom. The highest BCUT2D eigenvalue weighted by molar-refractivity contribution is 5.86. The number of carbonyl (C=O) groups is 1. The van der Waals surface area contributed by atoms with Gasteiger partial charge >= 0.3 is 5.97 Å². The van der Waals surface area contributed by atoms with Gasteiger partial charge in [0.1, 0.15) is 5.82 Å². The number of carboxylic acids is 1. The van der Waals surface area contributed by atoms with E-state index in [1.165, 1.54) is 12.1 Å². The highest BCUT2D eigenvalue weighted by Gasteiger charge is 2.35. The molecule has 0 amide bonds. The summed E-state index contributed by atoms with van der Waals surface area (Å²) in [6, 6.07) is 8.42. The molecular weight excluding hydrogens is 509 g/mol. The largest absolute Gasteiger partial charge is 0.479 e. The fraction of sp³-hybridized carbons (Fsp3) is 0.452. The lowest BCUT2D eigenvalue weighted by Gasteiger charge is -2.40. The first kappa shape index (κ1) is 27.8. The Kier molecular flexibility index (Phi) is 7.20. The van der Waals surface area contributed by atoms with Gasteiger partial charge in [0.25, 0.3) is 0 Å². The maximum atomic E-state index is 13.3. The molecule has 4 heterocycles. The number of anilines is 1. The number of fused-ring (bicyclic) bond motifs is 1. The van der Waals surface area contributed by atoms with Crippen molar-refractivity contribution in [3.8, 4) is 5.82 Å². The van der Waals surface area contributed by atoms with Crippen LogP contribution in [0.1, 0.15) is 75.8 Å². The standard InChI is InChI=1S/C31H38FN5O3/c1-20-18-36-24(16-25(34-36)37-19-22(17-33-37)15-21-7-9-23(32)10-8-21)27(35-13-11-31(5,6)12-14-35)26(20)28(29(38)39)40-30(2,3)4/h7-10,16-19,28H,11-15H2,1-6H3,(H,38,39). The van der Waals surface area contributed by atoms with Crippen LogP contribution in [0.15, 0.2) is 48.9 Å². The first-order chi connectivity index (χ1) is 18.8. The van der Waals surface area contributed by atoms with Crippen LogP contribution in [0.2, 0.25) is 0 Å². The van der Waals surface area contributed by atoms with Crippen LogP contribution in [-0.2, 0) is 16.0 Å². The number of nitrogens with zero attached hydrogens (tertiary/aromatic N) is 5. The maximum absolute atomic E-state index is 13.3. The Bertz CT molecular complexity index is 1520. The lowest BCUT2D eigenvalue weighted by molar-refractivity contribution is -0.160. The molecule has 1 unspecified atom stereocenters. The molecule has 1 N–H and O–H groups in total. The second-order valence-corrected chi connectivity index (χ2v) is 12.6. The molecule has 0 bridgehead atoms. The number of aliphatic carboxylic acids is 1. The summed E-state index contributed by atoms with van der Waals surface area (Å²) in [6.45, 7) is 13.7. The minimum Gasteiger partial charge on any atom is -0.479 e. The molecule has 1 saturated heterocycles. The van der Waals surface area contributed by atoms with Gasteiger partial charge in [-0.2, -0.15) is 5.10 Å². The molecule has 0 saturated carbocycles. The number of piperidine rings is 1. The normalized spacial score (nSPS) is 16.4. The highest BCUT2D eigenvalue weighted by Crippen LogP contribution is 2.41. The molecule has 1 atom stereocenters. The number of benzene rings is 1. The smallest absolute Gasteiger partial charge is 0.337 e. The van der Waals surface area contributed by atoms with Crippen molar-refractivity contribution < 1.29 is 19.0 Å². The van der Waals surface area contributed by atoms with Gasteiger partial charge in [0.05, 0.1) is 23.0 Å². The van der Waals surface area contributed by atoms with Gasteiger partial charge in [0.2, 0.25) is 0 Å². The second kappa shape index (κ2) is 10.4. The molecule has 9 heteroatoms. The third-order valence-electron chi connectivity index (χ3n) is 7.54. The van der Waals surface area contributed by atoms with Crippen LogP contribution in [-0.4, -0.2) is 49.2 Å². The number of hydrogen-bond donors (Lipinski definition) is 1. The summed E-state index contributed by atoms with van der Waals surface area (Å²) in [7, 11) is 0. The van der Waals surface area contributed by atoms with Crippen molar-refractivity contribution >= 4 is 17.2 Å². The fourth-order valence-electron chi connectivity index (χ4n) is 5.35. The van der Waals surface area contributed by atoms with Crippen molar-refractivity contribution in [2.75, 3.05) is 18.0 Å². The first-order valence-corrected chi connectivity index (χ1v) is 13.8. The zero-order valence-electron chi connectivity index (χ0n) is 24.1. The van der Waals surface area contributed by atoms with E-state index in [-0.39, 0.29) is 11.2 Å². The second-order valence-electron chi connectivity index (χ2n) is 12.6. The van der Waals surface area contributed by atoms with E-state index in [0.717, 1.165) is 53.8 Å². The summed E-state index contributed by atoms with van der Waals surface area (Å²) in [6.07, 6.45) is 7.07. The number of aryl methyl sites for hydroxylation is 1. The van der Waals surface area contributed by atoms with Gasteiger partial charge in [-0.15, -0.1) is 5.10 Å². The van der Waals surface area contributed by atoms with Gasteiger partial charge in [0, 0.05) is 43.5 Å². The van der Waals surface area contributed by atoms with Crippen LogP contribution < -0.4 is 4.90 Å². The molecule has 5 rings (SSSR count). The predicted octanol–water partition coefficient (Wildman–Crippen LogP) is 6.13. The molecule has 212 valence electrons. The zero-order valence-corrected chi connectivity index (χ0v) is 24.1. The van der Waals surface area contributed by atoms with E-state index in [2.05, 4.69) is 23.8 Å². The minimum absolute atomic E-state index is 0.228. The van der Waals surface area contributed by atoms with Crippen molar-refractivity contribution in [2.24, 2.45) is 5.41 Å². The Morgan fingerprint density at radius 3 is 2.42 bits per heavy atom. The summed E-state index contributed by atoms with van der Waals surface area (Å²) >= 11 is 0. The van der Waals surface area contributed by atoms with Crippen molar-refractivity contribution in [3.63, 3.8) is 0 Å². The van der Waals surface area contributed by atoms with Crippen molar-refractivity contribution in [1.82, 2.24) is 19.4 Å². The molecule has 40 heavy (non-hydrogen) atoms. The van der Waals surface area contributed by atoms with Crippen LogP contribution in [0.25, 0.3) is 11.3 Å². The Balaban J connectivity index is 1.59. The van der Waals surface area contributed by atoms with Gasteiger partial charge in [-0.25, -0.2) is 18.4 Å². The third-order valence-corrected chi connectivity index (χ3v) is 7.54. The quantitative estimate of drug-likeness (QED) is 0.300. The molecule has 0 aliphatic carbocycles. The van der Waals surface area contributed by atoms with Crippen molar-refractivity contribution in [2.45, 2.75) is 72.5 Å². The van der Waals surface area contributed by atoms with Gasteiger partial charge in [-0.1, -0.05) is 26.0 Å². The Hall–Kier alpha value is -3.72. The van der Waals surface area contributed by atoms with E-state index in [9.17, 15) is 14.3 Å². The van der Waals surface area contributed by atoms with Crippen LogP contribution in [0.4, 0.5) is 10.1 Å². The predicted molar refractivity (Wildman–Crippen MR) is 153 cm³/mol. The van der Waals surface area contributed by atoms with Crippen molar-refractivity contribution in [3.05, 3.63) is 77.0 Å². The summed E-state index contributed by atoms with van der Waals surface area (Å²) in [4.78, 5) is 14.9. The Labute approximate surface area is 234 Å². The monoisotopic (exact) mass is 547 g/mol. The highest BCUT2D eigenvalue weighted by atomic mass is 19.1. The molecule has 8 nitrogen and oxygen atoms in total. The number of hydrogen-bond acceptors (Lipinski definition) is 5. The topological polar surface area (TPSA) is 84.9 Å². The summed E-state index contributed by atoms with van der Waals surface area (Å²) in [5, 5.41) is 19.7. The number of aromatic nitrogens is 4. The van der Waals surface area contributed by atoms with Crippen LogP contribution in [0.3, 0.4) is 0 Å².